The van der Waals surface area contributed by atoms with E-state index in [1.54, 1.807) is 38.1 Å². The third kappa shape index (κ3) is 4.69. The maximum Gasteiger partial charge on any atom is 0.322 e. The first-order valence-corrected chi connectivity index (χ1v) is 12.8. The van der Waals surface area contributed by atoms with E-state index in [4.69, 9.17) is 0 Å². The molecule has 0 amide bonds. The van der Waals surface area contributed by atoms with Crippen molar-refractivity contribution >= 4 is 63.2 Å². The van der Waals surface area contributed by atoms with Gasteiger partial charge in [0.25, 0.3) is 0 Å². The third-order valence-corrected chi connectivity index (χ3v) is 7.45. The fourth-order valence-electron chi connectivity index (χ4n) is 2.91. The lowest BCUT2D eigenvalue weighted by Crippen LogP contribution is -2.44. The number of sulfonamides is 2. The number of aliphatic carboxylic acids is 1. The molecule has 1 aromatic heterocycles. The van der Waals surface area contributed by atoms with Gasteiger partial charge >= 0.3 is 5.97 Å². The van der Waals surface area contributed by atoms with Crippen LogP contribution >= 0.6 is 11.3 Å². The number of nitrogens with one attached hydrogen (secondary N) is 2. The van der Waals surface area contributed by atoms with Gasteiger partial charge in [0, 0.05) is 25.9 Å². The topological polar surface area (TPSA) is 130 Å². The van der Waals surface area contributed by atoms with Crippen LogP contribution in [0.25, 0.3) is 20.2 Å². The smallest absolute Gasteiger partial charge is 0.322 e. The molecule has 0 saturated heterocycles. The molecule has 0 spiro atoms. The van der Waals surface area contributed by atoms with Gasteiger partial charge in [0.15, 0.2) is 0 Å². The highest BCUT2D eigenvalue weighted by Crippen LogP contribution is 2.36. The van der Waals surface area contributed by atoms with Crippen molar-refractivity contribution in [3.05, 3.63) is 36.4 Å². The van der Waals surface area contributed by atoms with Crippen LogP contribution < -0.4 is 9.44 Å². The molecule has 1 atom stereocenters. The van der Waals surface area contributed by atoms with Gasteiger partial charge < -0.3 is 5.11 Å². The Morgan fingerprint density at radius 2 is 1.69 bits per heavy atom. The highest BCUT2D eigenvalue weighted by molar-refractivity contribution is 7.92. The van der Waals surface area contributed by atoms with E-state index in [9.17, 15) is 26.7 Å². The van der Waals surface area contributed by atoms with Gasteiger partial charge in [-0.1, -0.05) is 19.9 Å². The highest BCUT2D eigenvalue weighted by Gasteiger charge is 2.28. The molecule has 0 aliphatic carbocycles. The molecule has 0 saturated carbocycles. The van der Waals surface area contributed by atoms with Crippen LogP contribution in [0.4, 0.5) is 5.69 Å². The summed E-state index contributed by atoms with van der Waals surface area (Å²) in [6.07, 6.45) is 1.06. The van der Waals surface area contributed by atoms with Crippen LogP contribution in [0.1, 0.15) is 13.8 Å². The molecule has 0 unspecified atom stereocenters. The Labute approximate surface area is 172 Å². The molecule has 2 aromatic carbocycles. The highest BCUT2D eigenvalue weighted by atomic mass is 32.2. The molecule has 3 N–H and O–H groups in total. The van der Waals surface area contributed by atoms with Gasteiger partial charge in [-0.05, 0) is 36.2 Å². The van der Waals surface area contributed by atoms with Crippen LogP contribution in [-0.4, -0.2) is 40.2 Å². The lowest BCUT2D eigenvalue weighted by molar-refractivity contribution is -0.140. The molecule has 11 heteroatoms. The largest absolute Gasteiger partial charge is 0.480 e. The summed E-state index contributed by atoms with van der Waals surface area (Å²) in [7, 11) is -7.45. The summed E-state index contributed by atoms with van der Waals surface area (Å²) in [5, 5.41) is 10.7. The van der Waals surface area contributed by atoms with Gasteiger partial charge in [-0.25, -0.2) is 16.8 Å². The first kappa shape index (κ1) is 21.5. The minimum atomic E-state index is -4.04. The van der Waals surface area contributed by atoms with Crippen molar-refractivity contribution in [2.75, 3.05) is 11.0 Å². The standard InChI is InChI=1S/C18H20N2O6S3/c1-10(2)17(18(21)22)20-29(25,26)12-5-7-15-14(9-12)13-6-4-11(8-16(13)27-15)19-28(3,23)24/h4-10,17,19-20H,1-3H3,(H,21,22)/t17-/m0/s1. The van der Waals surface area contributed by atoms with Crippen molar-refractivity contribution in [1.29, 1.82) is 0 Å². The fourth-order valence-corrected chi connectivity index (χ4v) is 5.95. The summed E-state index contributed by atoms with van der Waals surface area (Å²) in [6.45, 7) is 3.25. The van der Waals surface area contributed by atoms with Gasteiger partial charge in [0.2, 0.25) is 20.0 Å². The molecule has 0 aliphatic heterocycles. The first-order chi connectivity index (χ1) is 13.4. The number of fused-ring (bicyclic) bond motifs is 3. The van der Waals surface area contributed by atoms with E-state index < -0.39 is 38.0 Å². The summed E-state index contributed by atoms with van der Waals surface area (Å²) >= 11 is 1.40. The molecular formula is C18H20N2O6S3. The minimum Gasteiger partial charge on any atom is -0.480 e. The van der Waals surface area contributed by atoms with E-state index in [2.05, 4.69) is 9.44 Å². The Hall–Kier alpha value is -2.21. The molecule has 0 radical (unpaired) electrons. The van der Waals surface area contributed by atoms with Crippen molar-refractivity contribution in [3.63, 3.8) is 0 Å². The van der Waals surface area contributed by atoms with Crippen molar-refractivity contribution in [2.24, 2.45) is 5.92 Å². The Balaban J connectivity index is 2.05. The minimum absolute atomic E-state index is 0.0325. The Morgan fingerprint density at radius 3 is 2.28 bits per heavy atom. The average Bonchev–Trinajstić information content (AvgIpc) is 2.94. The number of carboxylic acids is 1. The number of hydrogen-bond donors (Lipinski definition) is 3. The maximum atomic E-state index is 12.7. The molecule has 0 fully saturated rings. The summed E-state index contributed by atoms with van der Waals surface area (Å²) < 4.78 is 54.6. The molecule has 0 bridgehead atoms. The second-order valence-electron chi connectivity index (χ2n) is 7.03. The summed E-state index contributed by atoms with van der Waals surface area (Å²) in [5.41, 5.74) is 0.419. The van der Waals surface area contributed by atoms with Gasteiger partial charge in [0.05, 0.1) is 11.2 Å². The fraction of sp³-hybridized carbons (Fsp3) is 0.278. The number of carboxylic acid groups (broad SMARTS) is 1. The maximum absolute atomic E-state index is 12.7. The monoisotopic (exact) mass is 456 g/mol. The van der Waals surface area contributed by atoms with Gasteiger partial charge in [-0.3, -0.25) is 9.52 Å². The lowest BCUT2D eigenvalue weighted by Gasteiger charge is -2.18. The van der Waals surface area contributed by atoms with Crippen molar-refractivity contribution in [2.45, 2.75) is 24.8 Å². The number of benzene rings is 2. The van der Waals surface area contributed by atoms with Crippen LogP contribution in [0.3, 0.4) is 0 Å². The first-order valence-electron chi connectivity index (χ1n) is 8.56. The molecular weight excluding hydrogens is 436 g/mol. The average molecular weight is 457 g/mol. The predicted molar refractivity (Wildman–Crippen MR) is 114 cm³/mol. The molecule has 156 valence electrons. The van der Waals surface area contributed by atoms with E-state index in [-0.39, 0.29) is 4.90 Å². The molecule has 0 aliphatic rings. The van der Waals surface area contributed by atoms with Crippen molar-refractivity contribution in [3.8, 4) is 0 Å². The Morgan fingerprint density at radius 1 is 1.00 bits per heavy atom. The van der Waals surface area contributed by atoms with E-state index in [1.807, 2.05) is 0 Å². The zero-order chi connectivity index (χ0) is 21.6. The van der Waals surface area contributed by atoms with E-state index >= 15 is 0 Å². The second-order valence-corrected chi connectivity index (χ2v) is 11.6. The third-order valence-electron chi connectivity index (χ3n) is 4.27. The Kier molecular flexibility index (Phi) is 5.60. The molecule has 3 rings (SSSR count). The summed E-state index contributed by atoms with van der Waals surface area (Å²) in [5.74, 6) is -1.66. The number of anilines is 1. The summed E-state index contributed by atoms with van der Waals surface area (Å²) in [6, 6.07) is 8.36. The number of carbonyl (C=O) groups is 1. The van der Waals surface area contributed by atoms with Crippen molar-refractivity contribution < 1.29 is 26.7 Å². The molecule has 1 heterocycles. The number of rotatable bonds is 7. The second kappa shape index (κ2) is 7.56. The van der Waals surface area contributed by atoms with Crippen LogP contribution in [0.15, 0.2) is 41.3 Å². The lowest BCUT2D eigenvalue weighted by atomic mass is 10.1. The zero-order valence-electron chi connectivity index (χ0n) is 15.8. The molecule has 8 nitrogen and oxygen atoms in total. The van der Waals surface area contributed by atoms with Crippen molar-refractivity contribution in [1.82, 2.24) is 4.72 Å². The summed E-state index contributed by atoms with van der Waals surface area (Å²) in [4.78, 5) is 11.3. The molecule has 29 heavy (non-hydrogen) atoms. The van der Waals surface area contributed by atoms with E-state index in [0.29, 0.717) is 11.1 Å². The number of thiophene rings is 1. The normalized spacial score (nSPS) is 13.8. The molecule has 3 aromatic rings. The van der Waals surface area contributed by atoms with E-state index in [1.165, 1.54) is 23.5 Å². The van der Waals surface area contributed by atoms with Gasteiger partial charge in [0.1, 0.15) is 6.04 Å². The SMILES string of the molecule is CC(C)[C@H](NS(=O)(=O)c1ccc2sc3cc(NS(C)(=O)=O)ccc3c2c1)C(=O)O. The predicted octanol–water partition coefficient (Wildman–Crippen LogP) is 2.81. The quantitative estimate of drug-likeness (QED) is 0.501. The number of hydrogen-bond acceptors (Lipinski definition) is 6. The van der Waals surface area contributed by atoms with Gasteiger partial charge in [-0.2, -0.15) is 4.72 Å². The van der Waals surface area contributed by atoms with E-state index in [0.717, 1.165) is 21.0 Å². The van der Waals surface area contributed by atoms with Crippen LogP contribution in [-0.2, 0) is 24.8 Å². The Bertz CT molecular complexity index is 1310. The van der Waals surface area contributed by atoms with Gasteiger partial charge in [-0.15, -0.1) is 11.3 Å². The van der Waals surface area contributed by atoms with Crippen LogP contribution in [0.2, 0.25) is 0 Å². The van der Waals surface area contributed by atoms with Crippen LogP contribution in [0, 0.1) is 5.92 Å². The zero-order valence-corrected chi connectivity index (χ0v) is 18.3. The van der Waals surface area contributed by atoms with Crippen LogP contribution in [0.5, 0.6) is 0 Å².